The third kappa shape index (κ3) is 4.29. The number of hydrogen-bond donors (Lipinski definition) is 1. The maximum Gasteiger partial charge on any atom is 0.224 e. The molecule has 132 valence electrons. The smallest absolute Gasteiger partial charge is 0.224 e. The van der Waals surface area contributed by atoms with Crippen molar-refractivity contribution in [3.8, 4) is 0 Å². The van der Waals surface area contributed by atoms with E-state index in [4.69, 9.17) is 0 Å². The van der Waals surface area contributed by atoms with E-state index in [1.54, 1.807) is 6.07 Å². The average molecular weight is 341 g/mol. The SMILES string of the molecule is CCCC(=O)Nc1ccc(N2CCN(c3ccccc3F)CC2)cc1. The maximum atomic E-state index is 13.9. The number of amides is 1. The Balaban J connectivity index is 1.58. The molecule has 0 aromatic heterocycles. The van der Waals surface area contributed by atoms with Crippen LogP contribution in [0.4, 0.5) is 21.5 Å². The number of hydrogen-bond acceptors (Lipinski definition) is 3. The predicted molar refractivity (Wildman–Crippen MR) is 101 cm³/mol. The van der Waals surface area contributed by atoms with Crippen LogP contribution >= 0.6 is 0 Å². The number of para-hydroxylation sites is 1. The van der Waals surface area contributed by atoms with Crippen LogP contribution in [0, 0.1) is 5.82 Å². The molecule has 2 aromatic carbocycles. The molecule has 0 saturated carbocycles. The summed E-state index contributed by atoms with van der Waals surface area (Å²) in [6.45, 7) is 5.25. The fourth-order valence-electron chi connectivity index (χ4n) is 3.12. The Morgan fingerprint density at radius 3 is 2.28 bits per heavy atom. The zero-order valence-corrected chi connectivity index (χ0v) is 14.5. The molecule has 0 atom stereocenters. The van der Waals surface area contributed by atoms with Crippen molar-refractivity contribution in [2.24, 2.45) is 0 Å². The minimum Gasteiger partial charge on any atom is -0.368 e. The lowest BCUT2D eigenvalue weighted by atomic mass is 10.2. The lowest BCUT2D eigenvalue weighted by molar-refractivity contribution is -0.116. The Hall–Kier alpha value is -2.56. The summed E-state index contributed by atoms with van der Waals surface area (Å²) in [5.41, 5.74) is 2.63. The first kappa shape index (κ1) is 17.3. The Kier molecular flexibility index (Phi) is 5.53. The lowest BCUT2D eigenvalue weighted by Crippen LogP contribution is -2.46. The van der Waals surface area contributed by atoms with Gasteiger partial charge in [0.2, 0.25) is 5.91 Å². The summed E-state index contributed by atoms with van der Waals surface area (Å²) < 4.78 is 13.9. The van der Waals surface area contributed by atoms with Crippen molar-refractivity contribution in [3.05, 3.63) is 54.3 Å². The first-order chi connectivity index (χ1) is 12.2. The van der Waals surface area contributed by atoms with E-state index in [-0.39, 0.29) is 11.7 Å². The van der Waals surface area contributed by atoms with E-state index in [0.717, 1.165) is 44.0 Å². The highest BCUT2D eigenvalue weighted by Gasteiger charge is 2.19. The molecule has 3 rings (SSSR count). The quantitative estimate of drug-likeness (QED) is 0.896. The average Bonchev–Trinajstić information content (AvgIpc) is 2.63. The zero-order chi connectivity index (χ0) is 17.6. The van der Waals surface area contributed by atoms with Crippen LogP contribution in [0.25, 0.3) is 0 Å². The highest BCUT2D eigenvalue weighted by molar-refractivity contribution is 5.90. The van der Waals surface area contributed by atoms with Crippen LogP contribution in [0.2, 0.25) is 0 Å². The lowest BCUT2D eigenvalue weighted by Gasteiger charge is -2.37. The van der Waals surface area contributed by atoms with E-state index in [0.29, 0.717) is 12.1 Å². The molecule has 0 spiro atoms. The number of anilines is 3. The molecule has 1 aliphatic rings. The van der Waals surface area contributed by atoms with Crippen LogP contribution in [0.1, 0.15) is 19.8 Å². The first-order valence-corrected chi connectivity index (χ1v) is 8.81. The monoisotopic (exact) mass is 341 g/mol. The number of nitrogens with zero attached hydrogens (tertiary/aromatic N) is 2. The molecule has 1 N–H and O–H groups in total. The molecule has 0 unspecified atom stereocenters. The van der Waals surface area contributed by atoms with Gasteiger partial charge in [0.05, 0.1) is 5.69 Å². The molecule has 2 aromatic rings. The number of piperazine rings is 1. The van der Waals surface area contributed by atoms with Gasteiger partial charge in [-0.1, -0.05) is 19.1 Å². The standard InChI is InChI=1S/C20H24FN3O/c1-2-5-20(25)22-16-8-10-17(11-9-16)23-12-14-24(15-13-23)19-7-4-3-6-18(19)21/h3-4,6-11H,2,5,12-15H2,1H3,(H,22,25). The van der Waals surface area contributed by atoms with Crippen molar-refractivity contribution in [1.29, 1.82) is 0 Å². The van der Waals surface area contributed by atoms with Crippen LogP contribution in [-0.4, -0.2) is 32.1 Å². The van der Waals surface area contributed by atoms with Crippen molar-refractivity contribution in [2.75, 3.05) is 41.3 Å². The number of halogens is 1. The molecule has 1 heterocycles. The fraction of sp³-hybridized carbons (Fsp3) is 0.350. The molecule has 0 radical (unpaired) electrons. The number of carbonyl (C=O) groups is 1. The number of nitrogens with one attached hydrogen (secondary N) is 1. The predicted octanol–water partition coefficient (Wildman–Crippen LogP) is 3.89. The second kappa shape index (κ2) is 8.01. The van der Waals surface area contributed by atoms with Gasteiger partial charge in [-0.2, -0.15) is 0 Å². The van der Waals surface area contributed by atoms with E-state index < -0.39 is 0 Å². The third-order valence-corrected chi connectivity index (χ3v) is 4.47. The Morgan fingerprint density at radius 2 is 1.64 bits per heavy atom. The van der Waals surface area contributed by atoms with Crippen LogP contribution in [0.15, 0.2) is 48.5 Å². The van der Waals surface area contributed by atoms with E-state index in [1.807, 2.05) is 43.3 Å². The van der Waals surface area contributed by atoms with Gasteiger partial charge in [-0.25, -0.2) is 4.39 Å². The second-order valence-corrected chi connectivity index (χ2v) is 6.27. The molecule has 1 saturated heterocycles. The van der Waals surface area contributed by atoms with Crippen LogP contribution in [0.5, 0.6) is 0 Å². The summed E-state index contributed by atoms with van der Waals surface area (Å²) in [6, 6.07) is 14.9. The maximum absolute atomic E-state index is 13.9. The number of benzene rings is 2. The summed E-state index contributed by atoms with van der Waals surface area (Å²) in [7, 11) is 0. The molecule has 1 aliphatic heterocycles. The van der Waals surface area contributed by atoms with Gasteiger partial charge in [0, 0.05) is 44.0 Å². The van der Waals surface area contributed by atoms with E-state index in [9.17, 15) is 9.18 Å². The van der Waals surface area contributed by atoms with Crippen molar-refractivity contribution in [2.45, 2.75) is 19.8 Å². The number of rotatable bonds is 5. The molecule has 1 fully saturated rings. The van der Waals surface area contributed by atoms with Gasteiger partial charge >= 0.3 is 0 Å². The summed E-state index contributed by atoms with van der Waals surface area (Å²) >= 11 is 0. The summed E-state index contributed by atoms with van der Waals surface area (Å²) in [4.78, 5) is 16.0. The van der Waals surface area contributed by atoms with Gasteiger partial charge in [-0.3, -0.25) is 4.79 Å². The van der Waals surface area contributed by atoms with Crippen molar-refractivity contribution in [3.63, 3.8) is 0 Å². The molecule has 0 aliphatic carbocycles. The largest absolute Gasteiger partial charge is 0.368 e. The topological polar surface area (TPSA) is 35.6 Å². The van der Waals surface area contributed by atoms with Crippen LogP contribution in [0.3, 0.4) is 0 Å². The summed E-state index contributed by atoms with van der Waals surface area (Å²) in [5.74, 6) is -0.114. The normalized spacial score (nSPS) is 14.5. The summed E-state index contributed by atoms with van der Waals surface area (Å²) in [6.07, 6.45) is 1.38. The van der Waals surface area contributed by atoms with Crippen molar-refractivity contribution in [1.82, 2.24) is 0 Å². The van der Waals surface area contributed by atoms with Crippen LogP contribution < -0.4 is 15.1 Å². The van der Waals surface area contributed by atoms with E-state index in [1.165, 1.54) is 6.07 Å². The van der Waals surface area contributed by atoms with E-state index in [2.05, 4.69) is 15.1 Å². The Bertz CT molecular complexity index is 709. The molecule has 1 amide bonds. The van der Waals surface area contributed by atoms with Gasteiger partial charge < -0.3 is 15.1 Å². The highest BCUT2D eigenvalue weighted by atomic mass is 19.1. The fourth-order valence-corrected chi connectivity index (χ4v) is 3.12. The molecule has 25 heavy (non-hydrogen) atoms. The Labute approximate surface area is 148 Å². The minimum absolute atomic E-state index is 0.0498. The van der Waals surface area contributed by atoms with Crippen LogP contribution in [-0.2, 0) is 4.79 Å². The second-order valence-electron chi connectivity index (χ2n) is 6.27. The van der Waals surface area contributed by atoms with Crippen molar-refractivity contribution >= 4 is 23.0 Å². The van der Waals surface area contributed by atoms with Gasteiger partial charge in [0.25, 0.3) is 0 Å². The van der Waals surface area contributed by atoms with Gasteiger partial charge in [-0.15, -0.1) is 0 Å². The minimum atomic E-state index is -0.164. The zero-order valence-electron chi connectivity index (χ0n) is 14.5. The van der Waals surface area contributed by atoms with Gasteiger partial charge in [0.15, 0.2) is 0 Å². The molecule has 5 heteroatoms. The first-order valence-electron chi connectivity index (χ1n) is 8.81. The number of carbonyl (C=O) groups excluding carboxylic acids is 1. The Morgan fingerprint density at radius 1 is 1.00 bits per heavy atom. The molecular weight excluding hydrogens is 317 g/mol. The molecular formula is C20H24FN3O. The highest BCUT2D eigenvalue weighted by Crippen LogP contribution is 2.23. The molecule has 4 nitrogen and oxygen atoms in total. The van der Waals surface area contributed by atoms with Crippen molar-refractivity contribution < 1.29 is 9.18 Å². The van der Waals surface area contributed by atoms with E-state index >= 15 is 0 Å². The third-order valence-electron chi connectivity index (χ3n) is 4.47. The molecule has 0 bridgehead atoms. The van der Waals surface area contributed by atoms with Gasteiger partial charge in [-0.05, 0) is 42.8 Å². The summed E-state index contributed by atoms with van der Waals surface area (Å²) in [5, 5.41) is 2.90. The van der Waals surface area contributed by atoms with Gasteiger partial charge in [0.1, 0.15) is 5.82 Å².